The summed E-state index contributed by atoms with van der Waals surface area (Å²) in [6.45, 7) is 4.38. The molecule has 154 valence electrons. The summed E-state index contributed by atoms with van der Waals surface area (Å²) in [5.41, 5.74) is 2.54. The highest BCUT2D eigenvalue weighted by molar-refractivity contribution is 5.99. The normalized spacial score (nSPS) is 14.6. The van der Waals surface area contributed by atoms with Gasteiger partial charge in [-0.25, -0.2) is 0 Å². The van der Waals surface area contributed by atoms with Gasteiger partial charge in [-0.2, -0.15) is 0 Å². The van der Waals surface area contributed by atoms with E-state index in [1.165, 1.54) is 5.56 Å². The Hall–Kier alpha value is -2.62. The lowest BCUT2D eigenvalue weighted by Crippen LogP contribution is -2.39. The average molecular weight is 393 g/mol. The second kappa shape index (κ2) is 10.8. The van der Waals surface area contributed by atoms with Gasteiger partial charge in [-0.1, -0.05) is 56.2 Å². The summed E-state index contributed by atoms with van der Waals surface area (Å²) in [5, 5.41) is 2.94. The predicted molar refractivity (Wildman–Crippen MR) is 117 cm³/mol. The fourth-order valence-corrected chi connectivity index (χ4v) is 3.94. The van der Waals surface area contributed by atoms with Crippen LogP contribution in [0.25, 0.3) is 0 Å². The number of piperidine rings is 1. The summed E-state index contributed by atoms with van der Waals surface area (Å²) < 4.78 is 0. The van der Waals surface area contributed by atoms with E-state index in [0.717, 1.165) is 51.6 Å². The topological polar surface area (TPSA) is 49.4 Å². The van der Waals surface area contributed by atoms with Crippen LogP contribution in [0.1, 0.15) is 65.3 Å². The summed E-state index contributed by atoms with van der Waals surface area (Å²) in [6.07, 6.45) is 6.35. The molecule has 1 aliphatic heterocycles. The quantitative estimate of drug-likeness (QED) is 0.662. The summed E-state index contributed by atoms with van der Waals surface area (Å²) in [5.74, 6) is 0.558. The Balaban J connectivity index is 1.52. The van der Waals surface area contributed by atoms with Crippen molar-refractivity contribution in [3.05, 3.63) is 71.3 Å². The van der Waals surface area contributed by atoms with E-state index in [-0.39, 0.29) is 11.8 Å². The number of amides is 2. The zero-order chi connectivity index (χ0) is 20.5. The number of carbonyl (C=O) groups is 2. The Kier molecular flexibility index (Phi) is 7.85. The molecule has 0 bridgehead atoms. The van der Waals surface area contributed by atoms with Crippen LogP contribution in [0.3, 0.4) is 0 Å². The predicted octanol–water partition coefficient (Wildman–Crippen LogP) is 4.70. The summed E-state index contributed by atoms with van der Waals surface area (Å²) in [6, 6.07) is 17.7. The van der Waals surface area contributed by atoms with Crippen LogP contribution < -0.4 is 5.32 Å². The number of hydrogen-bond donors (Lipinski definition) is 1. The zero-order valence-corrected chi connectivity index (χ0v) is 17.4. The van der Waals surface area contributed by atoms with Gasteiger partial charge in [0.2, 0.25) is 0 Å². The molecule has 1 aliphatic rings. The molecule has 29 heavy (non-hydrogen) atoms. The Morgan fingerprint density at radius 2 is 1.69 bits per heavy atom. The van der Waals surface area contributed by atoms with Crippen molar-refractivity contribution in [2.24, 2.45) is 5.92 Å². The van der Waals surface area contributed by atoms with Gasteiger partial charge in [0, 0.05) is 30.8 Å². The lowest BCUT2D eigenvalue weighted by Gasteiger charge is -2.32. The molecule has 1 N–H and O–H groups in total. The minimum absolute atomic E-state index is 0.0313. The number of rotatable bonds is 8. The standard InChI is InChI=1S/C25H32N2O2/c1-2-3-7-15-26-24(28)22-11-8-12-23(19-22)25(29)27-16-13-21(14-17-27)18-20-9-5-4-6-10-20/h4-6,8-12,19,21H,2-3,7,13-18H2,1H3,(H,26,28). The van der Waals surface area contributed by atoms with Gasteiger partial charge >= 0.3 is 0 Å². The molecule has 4 heteroatoms. The Morgan fingerprint density at radius 3 is 2.41 bits per heavy atom. The highest BCUT2D eigenvalue weighted by Gasteiger charge is 2.24. The highest BCUT2D eigenvalue weighted by Crippen LogP contribution is 2.23. The largest absolute Gasteiger partial charge is 0.352 e. The molecule has 2 aromatic rings. The van der Waals surface area contributed by atoms with Crippen molar-refractivity contribution in [3.63, 3.8) is 0 Å². The van der Waals surface area contributed by atoms with E-state index in [0.29, 0.717) is 23.6 Å². The third-order valence-corrected chi connectivity index (χ3v) is 5.71. The molecule has 1 saturated heterocycles. The Bertz CT molecular complexity index is 795. The molecule has 1 heterocycles. The zero-order valence-electron chi connectivity index (χ0n) is 17.4. The number of carbonyl (C=O) groups excluding carboxylic acids is 2. The number of benzene rings is 2. The molecule has 0 aliphatic carbocycles. The van der Waals surface area contributed by atoms with Gasteiger partial charge in [-0.05, 0) is 55.4 Å². The van der Waals surface area contributed by atoms with Gasteiger partial charge in [-0.15, -0.1) is 0 Å². The van der Waals surface area contributed by atoms with Crippen LogP contribution in [0.2, 0.25) is 0 Å². The van der Waals surface area contributed by atoms with Crippen molar-refractivity contribution < 1.29 is 9.59 Å². The minimum atomic E-state index is -0.0997. The lowest BCUT2D eigenvalue weighted by molar-refractivity contribution is 0.0690. The first-order valence-electron chi connectivity index (χ1n) is 10.9. The van der Waals surface area contributed by atoms with Gasteiger partial charge < -0.3 is 10.2 Å². The monoisotopic (exact) mass is 392 g/mol. The third kappa shape index (κ3) is 6.18. The van der Waals surface area contributed by atoms with Crippen LogP contribution in [0.5, 0.6) is 0 Å². The van der Waals surface area contributed by atoms with Crippen LogP contribution in [0.15, 0.2) is 54.6 Å². The second-order valence-electron chi connectivity index (χ2n) is 7.97. The van der Waals surface area contributed by atoms with E-state index in [4.69, 9.17) is 0 Å². The van der Waals surface area contributed by atoms with Crippen molar-refractivity contribution in [2.75, 3.05) is 19.6 Å². The van der Waals surface area contributed by atoms with Crippen molar-refractivity contribution in [3.8, 4) is 0 Å². The van der Waals surface area contributed by atoms with Gasteiger partial charge in [0.15, 0.2) is 0 Å². The summed E-state index contributed by atoms with van der Waals surface area (Å²) in [4.78, 5) is 27.2. The first-order chi connectivity index (χ1) is 14.2. The van der Waals surface area contributed by atoms with E-state index in [2.05, 4.69) is 36.5 Å². The number of nitrogens with zero attached hydrogens (tertiary/aromatic N) is 1. The molecular weight excluding hydrogens is 360 g/mol. The average Bonchev–Trinajstić information content (AvgIpc) is 2.77. The van der Waals surface area contributed by atoms with Crippen LogP contribution in [-0.2, 0) is 6.42 Å². The molecule has 0 radical (unpaired) electrons. The smallest absolute Gasteiger partial charge is 0.253 e. The molecule has 0 spiro atoms. The van der Waals surface area contributed by atoms with Gasteiger partial charge in [-0.3, -0.25) is 9.59 Å². The third-order valence-electron chi connectivity index (χ3n) is 5.71. The summed E-state index contributed by atoms with van der Waals surface area (Å²) >= 11 is 0. The van der Waals surface area contributed by atoms with Crippen molar-refractivity contribution in [1.29, 1.82) is 0 Å². The first-order valence-corrected chi connectivity index (χ1v) is 10.9. The lowest BCUT2D eigenvalue weighted by atomic mass is 9.90. The van der Waals surface area contributed by atoms with Crippen LogP contribution >= 0.6 is 0 Å². The molecule has 0 atom stereocenters. The molecule has 1 fully saturated rings. The maximum atomic E-state index is 12.9. The van der Waals surface area contributed by atoms with Gasteiger partial charge in [0.05, 0.1) is 0 Å². The van der Waals surface area contributed by atoms with Crippen molar-refractivity contribution in [1.82, 2.24) is 10.2 Å². The van der Waals surface area contributed by atoms with E-state index in [1.807, 2.05) is 17.0 Å². The Morgan fingerprint density at radius 1 is 0.966 bits per heavy atom. The summed E-state index contributed by atoms with van der Waals surface area (Å²) in [7, 11) is 0. The number of hydrogen-bond acceptors (Lipinski definition) is 2. The molecule has 2 aromatic carbocycles. The molecule has 0 saturated carbocycles. The van der Waals surface area contributed by atoms with Crippen LogP contribution in [-0.4, -0.2) is 36.3 Å². The van der Waals surface area contributed by atoms with E-state index in [1.54, 1.807) is 18.2 Å². The van der Waals surface area contributed by atoms with E-state index in [9.17, 15) is 9.59 Å². The molecule has 0 unspecified atom stereocenters. The number of unbranched alkanes of at least 4 members (excludes halogenated alkanes) is 2. The maximum absolute atomic E-state index is 12.9. The van der Waals surface area contributed by atoms with Crippen LogP contribution in [0.4, 0.5) is 0 Å². The van der Waals surface area contributed by atoms with Crippen molar-refractivity contribution >= 4 is 11.8 Å². The molecule has 3 rings (SSSR count). The molecule has 2 amide bonds. The molecule has 4 nitrogen and oxygen atoms in total. The van der Waals surface area contributed by atoms with Gasteiger partial charge in [0.1, 0.15) is 0 Å². The number of likely N-dealkylation sites (tertiary alicyclic amines) is 1. The molecule has 0 aromatic heterocycles. The Labute approximate surface area is 174 Å². The van der Waals surface area contributed by atoms with Crippen LogP contribution in [0, 0.1) is 5.92 Å². The van der Waals surface area contributed by atoms with Gasteiger partial charge in [0.25, 0.3) is 11.8 Å². The van der Waals surface area contributed by atoms with E-state index < -0.39 is 0 Å². The fraction of sp³-hybridized carbons (Fsp3) is 0.440. The second-order valence-corrected chi connectivity index (χ2v) is 7.97. The SMILES string of the molecule is CCCCCNC(=O)c1cccc(C(=O)N2CCC(Cc3ccccc3)CC2)c1. The minimum Gasteiger partial charge on any atom is -0.352 e. The highest BCUT2D eigenvalue weighted by atomic mass is 16.2. The number of nitrogens with one attached hydrogen (secondary N) is 1. The van der Waals surface area contributed by atoms with Crippen molar-refractivity contribution in [2.45, 2.75) is 45.4 Å². The fourth-order valence-electron chi connectivity index (χ4n) is 3.94. The van der Waals surface area contributed by atoms with E-state index >= 15 is 0 Å². The maximum Gasteiger partial charge on any atom is 0.253 e. The first kappa shape index (κ1) is 21.1. The molecular formula is C25H32N2O2.